The second kappa shape index (κ2) is 4.26. The molecule has 1 saturated carbocycles. The molecule has 0 heterocycles. The van der Waals surface area contributed by atoms with Crippen LogP contribution in [0.4, 0.5) is 13.2 Å². The molecule has 0 N–H and O–H groups in total. The molecule has 2 nitrogen and oxygen atoms in total. The van der Waals surface area contributed by atoms with Crippen LogP contribution in [0.1, 0.15) is 30.9 Å². The van der Waals surface area contributed by atoms with E-state index in [0.29, 0.717) is 12.8 Å². The molecule has 1 aliphatic rings. The monoisotopic (exact) mass is 278 g/mol. The number of benzene rings is 1. The van der Waals surface area contributed by atoms with Crippen LogP contribution in [0.15, 0.2) is 23.1 Å². The van der Waals surface area contributed by atoms with Gasteiger partial charge in [0.1, 0.15) is 0 Å². The first-order chi connectivity index (χ1) is 8.26. The molecule has 18 heavy (non-hydrogen) atoms. The molecule has 0 aromatic heterocycles. The van der Waals surface area contributed by atoms with Crippen molar-refractivity contribution in [1.82, 2.24) is 0 Å². The minimum absolute atomic E-state index is 0.122. The van der Waals surface area contributed by atoms with E-state index in [0.717, 1.165) is 6.07 Å². The van der Waals surface area contributed by atoms with Gasteiger partial charge in [-0.05, 0) is 37.0 Å². The van der Waals surface area contributed by atoms with Gasteiger partial charge in [0, 0.05) is 0 Å². The fourth-order valence-corrected chi connectivity index (χ4v) is 3.56. The smallest absolute Gasteiger partial charge is 0.223 e. The molecule has 0 saturated heterocycles. The quantitative estimate of drug-likeness (QED) is 0.850. The Labute approximate surface area is 104 Å². The van der Waals surface area contributed by atoms with Crippen molar-refractivity contribution < 1.29 is 21.6 Å². The summed E-state index contributed by atoms with van der Waals surface area (Å²) in [5.41, 5.74) is -0.719. The Morgan fingerprint density at radius 2 is 1.89 bits per heavy atom. The molecule has 0 amide bonds. The van der Waals surface area contributed by atoms with Crippen molar-refractivity contribution in [3.05, 3.63) is 29.3 Å². The first-order valence-corrected chi connectivity index (χ1v) is 7.25. The van der Waals surface area contributed by atoms with Gasteiger partial charge in [0.05, 0.1) is 15.7 Å². The Balaban J connectivity index is 2.53. The highest BCUT2D eigenvalue weighted by atomic mass is 32.2. The van der Waals surface area contributed by atoms with Gasteiger partial charge in [-0.2, -0.15) is 13.2 Å². The van der Waals surface area contributed by atoms with Gasteiger partial charge in [0.2, 0.25) is 0 Å². The van der Waals surface area contributed by atoms with Gasteiger partial charge >= 0.3 is 6.18 Å². The van der Waals surface area contributed by atoms with Crippen molar-refractivity contribution in [2.75, 3.05) is 0 Å². The lowest BCUT2D eigenvalue weighted by atomic mass is 10.1. The molecule has 0 radical (unpaired) electrons. The summed E-state index contributed by atoms with van der Waals surface area (Å²) in [5, 5.41) is -0.494. The summed E-state index contributed by atoms with van der Waals surface area (Å²) >= 11 is 0. The summed E-state index contributed by atoms with van der Waals surface area (Å²) in [6, 6.07) is 3.31. The SMILES string of the molecule is CCc1ccc(S(=O)(=O)C2CC2)cc1C(F)(F)F. The summed E-state index contributed by atoms with van der Waals surface area (Å²) in [7, 11) is -3.57. The lowest BCUT2D eigenvalue weighted by Crippen LogP contribution is -2.13. The van der Waals surface area contributed by atoms with Crippen LogP contribution in [-0.4, -0.2) is 13.7 Å². The van der Waals surface area contributed by atoms with E-state index in [2.05, 4.69) is 0 Å². The van der Waals surface area contributed by atoms with Crippen LogP contribution < -0.4 is 0 Å². The third-order valence-corrected chi connectivity index (χ3v) is 5.32. The number of halogens is 3. The van der Waals surface area contributed by atoms with Crippen molar-refractivity contribution in [1.29, 1.82) is 0 Å². The molecule has 1 aromatic rings. The third-order valence-electron chi connectivity index (χ3n) is 3.06. The zero-order chi connectivity index (χ0) is 13.6. The summed E-state index contributed by atoms with van der Waals surface area (Å²) in [5.74, 6) is 0. The fraction of sp³-hybridized carbons (Fsp3) is 0.500. The number of hydrogen-bond acceptors (Lipinski definition) is 2. The maximum atomic E-state index is 12.8. The van der Waals surface area contributed by atoms with Gasteiger partial charge in [-0.15, -0.1) is 0 Å². The Bertz CT molecular complexity index is 557. The number of aryl methyl sites for hydroxylation is 1. The summed E-state index contributed by atoms with van der Waals surface area (Å²) in [6.45, 7) is 1.61. The number of rotatable bonds is 3. The van der Waals surface area contributed by atoms with Crippen LogP contribution in [0, 0.1) is 0 Å². The lowest BCUT2D eigenvalue weighted by Gasteiger charge is -2.13. The zero-order valence-electron chi connectivity index (χ0n) is 9.79. The Kier molecular flexibility index (Phi) is 3.17. The molecule has 100 valence electrons. The second-order valence-electron chi connectivity index (χ2n) is 4.41. The van der Waals surface area contributed by atoms with Crippen LogP contribution >= 0.6 is 0 Å². The van der Waals surface area contributed by atoms with E-state index in [-0.39, 0.29) is 16.9 Å². The highest BCUT2D eigenvalue weighted by Crippen LogP contribution is 2.37. The Morgan fingerprint density at radius 1 is 1.28 bits per heavy atom. The Morgan fingerprint density at radius 3 is 2.33 bits per heavy atom. The van der Waals surface area contributed by atoms with Crippen molar-refractivity contribution in [3.8, 4) is 0 Å². The topological polar surface area (TPSA) is 34.1 Å². The molecule has 1 fully saturated rings. The predicted molar refractivity (Wildman–Crippen MR) is 61.0 cm³/mol. The van der Waals surface area contributed by atoms with Crippen molar-refractivity contribution in [3.63, 3.8) is 0 Å². The minimum atomic E-state index is -4.51. The first kappa shape index (κ1) is 13.4. The molecule has 0 aliphatic heterocycles. The summed E-state index contributed by atoms with van der Waals surface area (Å²) in [6.07, 6.45) is -3.21. The standard InChI is InChI=1S/C12H13F3O2S/c1-2-8-3-4-10(7-11(8)12(13,14)15)18(16,17)9-5-6-9/h3-4,7,9H,2,5-6H2,1H3. The third kappa shape index (κ3) is 2.39. The van der Waals surface area contributed by atoms with Gasteiger partial charge in [-0.3, -0.25) is 0 Å². The van der Waals surface area contributed by atoms with Crippen molar-refractivity contribution >= 4 is 9.84 Å². The highest BCUT2D eigenvalue weighted by molar-refractivity contribution is 7.92. The van der Waals surface area contributed by atoms with Gasteiger partial charge < -0.3 is 0 Å². The van der Waals surface area contributed by atoms with E-state index < -0.39 is 26.8 Å². The van der Waals surface area contributed by atoms with Gasteiger partial charge in [-0.25, -0.2) is 8.42 Å². The largest absolute Gasteiger partial charge is 0.416 e. The maximum Gasteiger partial charge on any atom is 0.416 e. The van der Waals surface area contributed by atoms with Crippen molar-refractivity contribution in [2.45, 2.75) is 42.5 Å². The van der Waals surface area contributed by atoms with Crippen LogP contribution in [0.2, 0.25) is 0 Å². The zero-order valence-corrected chi connectivity index (χ0v) is 10.6. The maximum absolute atomic E-state index is 12.8. The van der Waals surface area contributed by atoms with Crippen LogP contribution in [0.25, 0.3) is 0 Å². The first-order valence-electron chi connectivity index (χ1n) is 5.71. The lowest BCUT2D eigenvalue weighted by molar-refractivity contribution is -0.138. The molecule has 6 heteroatoms. The van der Waals surface area contributed by atoms with E-state index in [1.165, 1.54) is 12.1 Å². The van der Waals surface area contributed by atoms with E-state index in [9.17, 15) is 21.6 Å². The normalized spacial score (nSPS) is 16.9. The van der Waals surface area contributed by atoms with Crippen LogP contribution in [-0.2, 0) is 22.4 Å². The molecule has 2 rings (SSSR count). The average Bonchev–Trinajstić information content (AvgIpc) is 3.11. The van der Waals surface area contributed by atoms with Gasteiger partial charge in [0.15, 0.2) is 9.84 Å². The fourth-order valence-electron chi connectivity index (χ4n) is 1.88. The minimum Gasteiger partial charge on any atom is -0.223 e. The molecule has 0 bridgehead atoms. The molecule has 1 aromatic carbocycles. The molecule has 0 spiro atoms. The number of hydrogen-bond donors (Lipinski definition) is 0. The number of alkyl halides is 3. The molecule has 0 unspecified atom stereocenters. The molecular formula is C12H13F3O2S. The molecular weight excluding hydrogens is 265 g/mol. The number of sulfone groups is 1. The van der Waals surface area contributed by atoms with E-state index >= 15 is 0 Å². The highest BCUT2D eigenvalue weighted by Gasteiger charge is 2.39. The summed E-state index contributed by atoms with van der Waals surface area (Å²) < 4.78 is 62.3. The van der Waals surface area contributed by atoms with Gasteiger partial charge in [0.25, 0.3) is 0 Å². The van der Waals surface area contributed by atoms with Crippen LogP contribution in [0.5, 0.6) is 0 Å². The Hall–Kier alpha value is -1.04. The molecule has 0 atom stereocenters. The van der Waals surface area contributed by atoms with E-state index in [4.69, 9.17) is 0 Å². The predicted octanol–water partition coefficient (Wildman–Crippen LogP) is 3.20. The van der Waals surface area contributed by atoms with Gasteiger partial charge in [-0.1, -0.05) is 13.0 Å². The average molecular weight is 278 g/mol. The van der Waals surface area contributed by atoms with Crippen LogP contribution in [0.3, 0.4) is 0 Å². The summed E-state index contributed by atoms with van der Waals surface area (Å²) in [4.78, 5) is -0.213. The van der Waals surface area contributed by atoms with Crippen molar-refractivity contribution in [2.24, 2.45) is 0 Å². The second-order valence-corrected chi connectivity index (χ2v) is 6.64. The molecule has 1 aliphatic carbocycles. The van der Waals surface area contributed by atoms with E-state index in [1.807, 2.05) is 0 Å². The van der Waals surface area contributed by atoms with E-state index in [1.54, 1.807) is 6.92 Å².